The Kier molecular flexibility index (Phi) is 9.59. The maximum absolute atomic E-state index is 11.9. The third kappa shape index (κ3) is 9.04. The van der Waals surface area contributed by atoms with Crippen molar-refractivity contribution in [2.24, 2.45) is 5.73 Å². The molecule has 0 bridgehead atoms. The molecule has 0 unspecified atom stereocenters. The van der Waals surface area contributed by atoms with Gasteiger partial charge in [0.05, 0.1) is 4.99 Å². The Morgan fingerprint density at radius 1 is 1.19 bits per heavy atom. The van der Waals surface area contributed by atoms with Crippen LogP contribution in [0.4, 0.5) is 0 Å². The van der Waals surface area contributed by atoms with Gasteiger partial charge >= 0.3 is 0 Å². The fourth-order valence-corrected chi connectivity index (χ4v) is 3.00. The first-order chi connectivity index (χ1) is 10.1. The summed E-state index contributed by atoms with van der Waals surface area (Å²) < 4.78 is 0. The van der Waals surface area contributed by atoms with Crippen LogP contribution in [0.15, 0.2) is 0 Å². The molecule has 0 saturated carbocycles. The summed E-state index contributed by atoms with van der Waals surface area (Å²) in [7, 11) is 0. The van der Waals surface area contributed by atoms with E-state index in [-0.39, 0.29) is 5.91 Å². The largest absolute Gasteiger partial charge is 0.392 e. The number of unbranched alkanes of at least 4 members (excludes halogenated alkanes) is 5. The van der Waals surface area contributed by atoms with Crippen molar-refractivity contribution in [3.05, 3.63) is 0 Å². The third-order valence-corrected chi connectivity index (χ3v) is 4.22. The van der Waals surface area contributed by atoms with Crippen molar-refractivity contribution in [3.63, 3.8) is 0 Å². The van der Waals surface area contributed by atoms with Crippen molar-refractivity contribution < 1.29 is 4.79 Å². The number of nitrogens with two attached hydrogens (primary N) is 1. The van der Waals surface area contributed by atoms with Gasteiger partial charge in [0.1, 0.15) is 0 Å². The number of hydrogen-bond donors (Lipinski definition) is 2. The Morgan fingerprint density at radius 3 is 2.43 bits per heavy atom. The molecule has 1 rings (SSSR count). The van der Waals surface area contributed by atoms with Crippen molar-refractivity contribution in [2.45, 2.75) is 70.8 Å². The lowest BCUT2D eigenvalue weighted by Gasteiger charge is -2.31. The lowest BCUT2D eigenvalue weighted by atomic mass is 10.0. The molecule has 0 radical (unpaired) electrons. The number of thiocarbonyl (C=S) groups is 1. The molecule has 0 aromatic heterocycles. The van der Waals surface area contributed by atoms with E-state index in [9.17, 15) is 4.79 Å². The maximum atomic E-state index is 11.9. The molecule has 0 aromatic rings. The Balaban J connectivity index is 2.04. The molecule has 0 atom stereocenters. The quantitative estimate of drug-likeness (QED) is 0.481. The lowest BCUT2D eigenvalue weighted by Crippen LogP contribution is -2.46. The summed E-state index contributed by atoms with van der Waals surface area (Å²) >= 11 is 4.93. The van der Waals surface area contributed by atoms with Crippen molar-refractivity contribution in [1.82, 2.24) is 10.2 Å². The van der Waals surface area contributed by atoms with E-state index in [1.807, 2.05) is 0 Å². The molecule has 0 aromatic carbocycles. The van der Waals surface area contributed by atoms with Gasteiger partial charge in [-0.15, -0.1) is 0 Å². The molecule has 21 heavy (non-hydrogen) atoms. The SMILES string of the molecule is CCCCCCCCC(=O)NC1CCN(CC(N)=S)CC1. The van der Waals surface area contributed by atoms with Gasteiger partial charge in [0.25, 0.3) is 0 Å². The van der Waals surface area contributed by atoms with Crippen LogP contribution in [0.5, 0.6) is 0 Å². The number of carbonyl (C=O) groups is 1. The predicted octanol–water partition coefficient (Wildman–Crippen LogP) is 2.60. The molecule has 122 valence electrons. The molecule has 4 nitrogen and oxygen atoms in total. The van der Waals surface area contributed by atoms with Crippen molar-refractivity contribution in [2.75, 3.05) is 19.6 Å². The summed E-state index contributed by atoms with van der Waals surface area (Å²) in [5.74, 6) is 0.221. The number of hydrogen-bond acceptors (Lipinski definition) is 3. The van der Waals surface area contributed by atoms with Gasteiger partial charge in [0.15, 0.2) is 0 Å². The van der Waals surface area contributed by atoms with Crippen LogP contribution in [-0.4, -0.2) is 41.5 Å². The van der Waals surface area contributed by atoms with Crippen LogP contribution in [0.3, 0.4) is 0 Å². The Labute approximate surface area is 134 Å². The highest BCUT2D eigenvalue weighted by Crippen LogP contribution is 2.11. The lowest BCUT2D eigenvalue weighted by molar-refractivity contribution is -0.122. The third-order valence-electron chi connectivity index (χ3n) is 4.09. The van der Waals surface area contributed by atoms with E-state index in [1.54, 1.807) is 0 Å². The number of rotatable bonds is 10. The number of piperidine rings is 1. The number of carbonyl (C=O) groups excluding carboxylic acids is 1. The highest BCUT2D eigenvalue weighted by molar-refractivity contribution is 7.80. The van der Waals surface area contributed by atoms with Crippen LogP contribution in [0.2, 0.25) is 0 Å². The Morgan fingerprint density at radius 2 is 1.81 bits per heavy atom. The topological polar surface area (TPSA) is 58.4 Å². The zero-order valence-electron chi connectivity index (χ0n) is 13.4. The van der Waals surface area contributed by atoms with Gasteiger partial charge in [-0.05, 0) is 19.3 Å². The van der Waals surface area contributed by atoms with Crippen LogP contribution in [0.25, 0.3) is 0 Å². The normalized spacial score (nSPS) is 16.8. The summed E-state index contributed by atoms with van der Waals surface area (Å²) in [6, 6.07) is 0.334. The van der Waals surface area contributed by atoms with E-state index >= 15 is 0 Å². The molecule has 1 aliphatic heterocycles. The standard InChI is InChI=1S/C16H31N3OS/c1-2-3-4-5-6-7-8-16(20)18-14-9-11-19(12-10-14)13-15(17)21/h14H,2-13H2,1H3,(H2,17,21)(H,18,20). The number of amides is 1. The fraction of sp³-hybridized carbons (Fsp3) is 0.875. The highest BCUT2D eigenvalue weighted by atomic mass is 32.1. The Hall–Kier alpha value is -0.680. The van der Waals surface area contributed by atoms with E-state index in [2.05, 4.69) is 17.1 Å². The first-order valence-corrected chi connectivity index (χ1v) is 8.82. The average molecular weight is 314 g/mol. The molecule has 1 saturated heterocycles. The fourth-order valence-electron chi connectivity index (χ4n) is 2.82. The van der Waals surface area contributed by atoms with Crippen LogP contribution in [0, 0.1) is 0 Å². The molecular weight excluding hydrogens is 282 g/mol. The van der Waals surface area contributed by atoms with E-state index in [0.29, 0.717) is 24.0 Å². The van der Waals surface area contributed by atoms with Crippen molar-refractivity contribution >= 4 is 23.1 Å². The predicted molar refractivity (Wildman–Crippen MR) is 92.4 cm³/mol. The second-order valence-corrected chi connectivity index (χ2v) is 6.63. The van der Waals surface area contributed by atoms with Gasteiger partial charge in [-0.1, -0.05) is 51.2 Å². The zero-order chi connectivity index (χ0) is 15.5. The Bertz CT molecular complexity index is 315. The summed E-state index contributed by atoms with van der Waals surface area (Å²) in [6.07, 6.45) is 10.0. The number of nitrogens with one attached hydrogen (secondary N) is 1. The second-order valence-electron chi connectivity index (χ2n) is 6.10. The van der Waals surface area contributed by atoms with E-state index < -0.39 is 0 Å². The minimum atomic E-state index is 0.221. The molecule has 5 heteroatoms. The van der Waals surface area contributed by atoms with Gasteiger partial charge in [-0.25, -0.2) is 0 Å². The smallest absolute Gasteiger partial charge is 0.220 e. The van der Waals surface area contributed by atoms with Gasteiger partial charge in [0.2, 0.25) is 5.91 Å². The minimum Gasteiger partial charge on any atom is -0.392 e. The summed E-state index contributed by atoms with van der Waals surface area (Å²) in [5.41, 5.74) is 5.56. The van der Waals surface area contributed by atoms with Crippen molar-refractivity contribution in [1.29, 1.82) is 0 Å². The maximum Gasteiger partial charge on any atom is 0.220 e. The molecule has 3 N–H and O–H groups in total. The van der Waals surface area contributed by atoms with Gasteiger partial charge < -0.3 is 11.1 Å². The molecule has 1 aliphatic rings. The minimum absolute atomic E-state index is 0.221. The second kappa shape index (κ2) is 11.0. The molecule has 1 amide bonds. The molecular formula is C16H31N3OS. The number of likely N-dealkylation sites (tertiary alicyclic amines) is 1. The molecule has 0 aliphatic carbocycles. The molecule has 0 spiro atoms. The highest BCUT2D eigenvalue weighted by Gasteiger charge is 2.20. The van der Waals surface area contributed by atoms with Crippen LogP contribution in [-0.2, 0) is 4.79 Å². The van der Waals surface area contributed by atoms with E-state index in [0.717, 1.165) is 32.4 Å². The number of nitrogens with zero attached hydrogens (tertiary/aromatic N) is 1. The van der Waals surface area contributed by atoms with Crippen molar-refractivity contribution in [3.8, 4) is 0 Å². The van der Waals surface area contributed by atoms with E-state index in [4.69, 9.17) is 18.0 Å². The van der Waals surface area contributed by atoms with Crippen LogP contribution in [0.1, 0.15) is 64.7 Å². The monoisotopic (exact) mass is 313 g/mol. The average Bonchev–Trinajstić information content (AvgIpc) is 2.44. The van der Waals surface area contributed by atoms with Crippen LogP contribution < -0.4 is 11.1 Å². The van der Waals surface area contributed by atoms with Crippen LogP contribution >= 0.6 is 12.2 Å². The van der Waals surface area contributed by atoms with Gasteiger partial charge in [-0.3, -0.25) is 9.69 Å². The summed E-state index contributed by atoms with van der Waals surface area (Å²) in [6.45, 7) is 4.87. The first-order valence-electron chi connectivity index (χ1n) is 8.41. The zero-order valence-corrected chi connectivity index (χ0v) is 14.2. The van der Waals surface area contributed by atoms with Gasteiger partial charge in [0, 0.05) is 32.1 Å². The molecule has 1 heterocycles. The molecule has 1 fully saturated rings. The van der Waals surface area contributed by atoms with Gasteiger partial charge in [-0.2, -0.15) is 0 Å². The van der Waals surface area contributed by atoms with E-state index in [1.165, 1.54) is 32.1 Å². The summed E-state index contributed by atoms with van der Waals surface area (Å²) in [5, 5.41) is 3.17. The first kappa shape index (κ1) is 18.4. The summed E-state index contributed by atoms with van der Waals surface area (Å²) in [4.78, 5) is 14.7.